The molecule has 0 amide bonds. The van der Waals surface area contributed by atoms with Crippen LogP contribution in [0, 0.1) is 6.92 Å². The molecule has 0 bridgehead atoms. The summed E-state index contributed by atoms with van der Waals surface area (Å²) < 4.78 is 6.17. The lowest BCUT2D eigenvalue weighted by Gasteiger charge is -2.11. The zero-order valence-electron chi connectivity index (χ0n) is 9.48. The highest BCUT2D eigenvalue weighted by Gasteiger charge is 2.11. The van der Waals surface area contributed by atoms with E-state index in [4.69, 9.17) is 0 Å². The third-order valence-electron chi connectivity index (χ3n) is 2.52. The molecule has 0 aliphatic carbocycles. The van der Waals surface area contributed by atoms with Gasteiger partial charge in [0.25, 0.3) is 0 Å². The molecule has 0 saturated carbocycles. The molecule has 4 nitrogen and oxygen atoms in total. The van der Waals surface area contributed by atoms with Crippen molar-refractivity contribution in [3.05, 3.63) is 44.7 Å². The summed E-state index contributed by atoms with van der Waals surface area (Å²) in [5, 5.41) is 0.452. The molecule has 2 rings (SSSR count). The lowest BCUT2D eigenvalue weighted by Crippen LogP contribution is -2.26. The van der Waals surface area contributed by atoms with Crippen LogP contribution in [-0.4, -0.2) is 4.57 Å². The molecule has 84 valence electrons. The van der Waals surface area contributed by atoms with Gasteiger partial charge in [0.15, 0.2) is 0 Å². The fourth-order valence-electron chi connectivity index (χ4n) is 1.79. The van der Waals surface area contributed by atoms with E-state index in [0.29, 0.717) is 10.9 Å². The van der Waals surface area contributed by atoms with Gasteiger partial charge in [0.2, 0.25) is 0 Å². The van der Waals surface area contributed by atoms with Crippen LogP contribution in [0.15, 0.2) is 32.2 Å². The number of fused-ring (bicyclic) bond motifs is 1. The Kier molecular flexibility index (Phi) is 2.42. The van der Waals surface area contributed by atoms with Gasteiger partial charge in [-0.3, -0.25) is 4.57 Å². The van der Waals surface area contributed by atoms with Crippen LogP contribution in [0.25, 0.3) is 10.9 Å². The zero-order chi connectivity index (χ0) is 11.9. The fourth-order valence-corrected chi connectivity index (χ4v) is 1.79. The Hall–Kier alpha value is -1.84. The first kappa shape index (κ1) is 10.7. The van der Waals surface area contributed by atoms with E-state index in [-0.39, 0.29) is 6.04 Å². The first-order chi connectivity index (χ1) is 7.50. The molecule has 2 aromatic rings. The zero-order valence-corrected chi connectivity index (χ0v) is 9.48. The van der Waals surface area contributed by atoms with E-state index in [9.17, 15) is 9.59 Å². The minimum atomic E-state index is -0.601. The highest BCUT2D eigenvalue weighted by atomic mass is 16.4. The number of rotatable bonds is 1. The maximum Gasteiger partial charge on any atom is 0.422 e. The molecule has 0 fully saturated rings. The first-order valence-electron chi connectivity index (χ1n) is 5.16. The van der Waals surface area contributed by atoms with Crippen molar-refractivity contribution >= 4 is 10.9 Å². The van der Waals surface area contributed by atoms with Gasteiger partial charge in [-0.2, -0.15) is 0 Å². The normalized spacial score (nSPS) is 11.2. The van der Waals surface area contributed by atoms with Crippen molar-refractivity contribution < 1.29 is 4.42 Å². The number of benzene rings is 1. The molecule has 0 radical (unpaired) electrons. The molecule has 1 aromatic carbocycles. The SMILES string of the molecule is Cc1ccc2c(c1)c(=O)oc(=O)n2C(C)C. The fraction of sp³-hybridized carbons (Fsp3) is 0.333. The molecule has 0 aliphatic heterocycles. The second-order valence-corrected chi connectivity index (χ2v) is 4.14. The predicted octanol–water partition coefficient (Wildman–Crippen LogP) is 1.84. The summed E-state index contributed by atoms with van der Waals surface area (Å²) in [7, 11) is 0. The van der Waals surface area contributed by atoms with E-state index >= 15 is 0 Å². The van der Waals surface area contributed by atoms with Crippen LogP contribution in [-0.2, 0) is 0 Å². The molecule has 1 heterocycles. The number of hydrogen-bond donors (Lipinski definition) is 0. The molecule has 0 N–H and O–H groups in total. The quantitative estimate of drug-likeness (QED) is 0.735. The second kappa shape index (κ2) is 3.63. The molecule has 0 spiro atoms. The van der Waals surface area contributed by atoms with Crippen molar-refractivity contribution in [1.29, 1.82) is 0 Å². The van der Waals surface area contributed by atoms with Gasteiger partial charge in [-0.1, -0.05) is 11.6 Å². The average Bonchev–Trinajstić information content (AvgIpc) is 2.18. The van der Waals surface area contributed by atoms with Gasteiger partial charge < -0.3 is 4.42 Å². The molecule has 1 aromatic heterocycles. The highest BCUT2D eigenvalue weighted by Crippen LogP contribution is 2.14. The van der Waals surface area contributed by atoms with Crippen LogP contribution in [0.1, 0.15) is 25.5 Å². The number of aryl methyl sites for hydroxylation is 1. The van der Waals surface area contributed by atoms with Crippen molar-refractivity contribution in [2.24, 2.45) is 0 Å². The van der Waals surface area contributed by atoms with Gasteiger partial charge in [-0.05, 0) is 32.9 Å². The van der Waals surface area contributed by atoms with E-state index in [2.05, 4.69) is 4.42 Å². The molecule has 0 atom stereocenters. The summed E-state index contributed by atoms with van der Waals surface area (Å²) in [4.78, 5) is 23.1. The largest absolute Gasteiger partial charge is 0.422 e. The summed E-state index contributed by atoms with van der Waals surface area (Å²) >= 11 is 0. The Morgan fingerprint density at radius 2 is 1.94 bits per heavy atom. The lowest BCUT2D eigenvalue weighted by atomic mass is 10.1. The van der Waals surface area contributed by atoms with Gasteiger partial charge >= 0.3 is 11.4 Å². The van der Waals surface area contributed by atoms with Crippen molar-refractivity contribution in [2.75, 3.05) is 0 Å². The number of nitrogens with zero attached hydrogens (tertiary/aromatic N) is 1. The maximum absolute atomic E-state index is 11.6. The van der Waals surface area contributed by atoms with Crippen LogP contribution in [0.5, 0.6) is 0 Å². The molecule has 0 unspecified atom stereocenters. The molecule has 0 aliphatic rings. The third-order valence-corrected chi connectivity index (χ3v) is 2.52. The summed E-state index contributed by atoms with van der Waals surface area (Å²) in [5.74, 6) is -0.601. The second-order valence-electron chi connectivity index (χ2n) is 4.14. The summed E-state index contributed by atoms with van der Waals surface area (Å²) in [6.07, 6.45) is 0. The van der Waals surface area contributed by atoms with Crippen LogP contribution in [0.4, 0.5) is 0 Å². The van der Waals surface area contributed by atoms with E-state index < -0.39 is 11.4 Å². The van der Waals surface area contributed by atoms with E-state index in [0.717, 1.165) is 5.56 Å². The Morgan fingerprint density at radius 1 is 1.25 bits per heavy atom. The van der Waals surface area contributed by atoms with Gasteiger partial charge in [-0.25, -0.2) is 9.59 Å². The molecule has 0 saturated heterocycles. The summed E-state index contributed by atoms with van der Waals surface area (Å²) in [6.45, 7) is 5.64. The standard InChI is InChI=1S/C12H13NO3/c1-7(2)13-10-5-4-8(3)6-9(10)11(14)16-12(13)15/h4-7H,1-3H3. The highest BCUT2D eigenvalue weighted by molar-refractivity contribution is 5.78. The Labute approximate surface area is 92.1 Å². The van der Waals surface area contributed by atoms with Crippen molar-refractivity contribution in [3.63, 3.8) is 0 Å². The van der Waals surface area contributed by atoms with Gasteiger partial charge in [0, 0.05) is 6.04 Å². The van der Waals surface area contributed by atoms with E-state index in [1.165, 1.54) is 4.57 Å². The van der Waals surface area contributed by atoms with E-state index in [1.807, 2.05) is 26.8 Å². The maximum atomic E-state index is 11.6. The van der Waals surface area contributed by atoms with Crippen LogP contribution in [0.3, 0.4) is 0 Å². The van der Waals surface area contributed by atoms with Gasteiger partial charge in [0.05, 0.1) is 10.9 Å². The number of hydrogen-bond acceptors (Lipinski definition) is 3. The average molecular weight is 219 g/mol. The van der Waals surface area contributed by atoms with E-state index in [1.54, 1.807) is 12.1 Å². The van der Waals surface area contributed by atoms with Gasteiger partial charge in [-0.15, -0.1) is 0 Å². The van der Waals surface area contributed by atoms with Crippen LogP contribution < -0.4 is 11.4 Å². The molecular weight excluding hydrogens is 206 g/mol. The van der Waals surface area contributed by atoms with Gasteiger partial charge in [0.1, 0.15) is 0 Å². The minimum absolute atomic E-state index is 0.0398. The minimum Gasteiger partial charge on any atom is -0.372 e. The molecular formula is C12H13NO3. The Balaban J connectivity index is 3.02. The Morgan fingerprint density at radius 3 is 2.56 bits per heavy atom. The predicted molar refractivity (Wildman–Crippen MR) is 61.9 cm³/mol. The monoisotopic (exact) mass is 219 g/mol. The topological polar surface area (TPSA) is 52.2 Å². The van der Waals surface area contributed by atoms with Crippen molar-refractivity contribution in [1.82, 2.24) is 4.57 Å². The van der Waals surface area contributed by atoms with Crippen molar-refractivity contribution in [3.8, 4) is 0 Å². The van der Waals surface area contributed by atoms with Crippen LogP contribution in [0.2, 0.25) is 0 Å². The Bertz CT molecular complexity index is 649. The van der Waals surface area contributed by atoms with Crippen molar-refractivity contribution in [2.45, 2.75) is 26.8 Å². The summed E-state index contributed by atoms with van der Waals surface area (Å²) in [6, 6.07) is 5.35. The lowest BCUT2D eigenvalue weighted by molar-refractivity contribution is 0.399. The smallest absolute Gasteiger partial charge is 0.372 e. The molecule has 16 heavy (non-hydrogen) atoms. The number of aromatic nitrogens is 1. The summed E-state index contributed by atoms with van der Waals surface area (Å²) in [5.41, 5.74) is 1.02. The molecule has 4 heteroatoms. The van der Waals surface area contributed by atoms with Crippen LogP contribution >= 0.6 is 0 Å². The first-order valence-corrected chi connectivity index (χ1v) is 5.16. The third kappa shape index (κ3) is 1.56.